The van der Waals surface area contributed by atoms with E-state index in [1.807, 2.05) is 36.7 Å². The predicted molar refractivity (Wildman–Crippen MR) is 73.6 cm³/mol. The molecule has 0 fully saturated rings. The SMILES string of the molecule is COS(=O)(=O)[O-].Cc1ccc2ccc(C=O)c(O)c2[n+]1C. The van der Waals surface area contributed by atoms with Crippen molar-refractivity contribution in [1.82, 2.24) is 0 Å². The van der Waals surface area contributed by atoms with Gasteiger partial charge in [0.2, 0.25) is 10.4 Å². The molecule has 2 aromatic rings. The Hall–Kier alpha value is -2.03. The smallest absolute Gasteiger partial charge is 0.255 e. The van der Waals surface area contributed by atoms with E-state index in [0.29, 0.717) is 17.4 Å². The van der Waals surface area contributed by atoms with Crippen LogP contribution in [0.15, 0.2) is 24.3 Å². The standard InChI is InChI=1S/C12H11NO2.CH4O4S/c1-8-3-4-9-5-6-10(7-14)12(15)11(9)13(8)2;1-5-6(2,3)4/h3-7H,1-2H3;1H3,(H,2,3,4). The number of phenolic OH excluding ortho intramolecular Hbond substituents is 1. The number of fused-ring (bicyclic) bond motifs is 1. The van der Waals surface area contributed by atoms with E-state index in [9.17, 15) is 22.9 Å². The molecular formula is C13H15NO6S. The van der Waals surface area contributed by atoms with E-state index in [1.165, 1.54) is 0 Å². The van der Waals surface area contributed by atoms with Gasteiger partial charge in [0.25, 0.3) is 5.52 Å². The third kappa shape index (κ3) is 4.22. The van der Waals surface area contributed by atoms with Gasteiger partial charge in [0.1, 0.15) is 7.05 Å². The average molecular weight is 313 g/mol. The Balaban J connectivity index is 0.000000315. The lowest BCUT2D eigenvalue weighted by Gasteiger charge is -2.03. The molecule has 0 aliphatic carbocycles. The van der Waals surface area contributed by atoms with E-state index in [0.717, 1.165) is 18.2 Å². The van der Waals surface area contributed by atoms with Crippen molar-refractivity contribution in [3.05, 3.63) is 35.5 Å². The van der Waals surface area contributed by atoms with Gasteiger partial charge >= 0.3 is 0 Å². The molecule has 114 valence electrons. The Bertz CT molecular complexity index is 770. The number of pyridine rings is 1. The maximum atomic E-state index is 10.7. The summed E-state index contributed by atoms with van der Waals surface area (Å²) >= 11 is 0. The first-order valence-corrected chi connectivity index (χ1v) is 7.12. The quantitative estimate of drug-likeness (QED) is 0.376. The molecule has 0 amide bonds. The van der Waals surface area contributed by atoms with Crippen LogP contribution in [0.3, 0.4) is 0 Å². The van der Waals surface area contributed by atoms with E-state index in [2.05, 4.69) is 4.18 Å². The molecule has 0 atom stereocenters. The van der Waals surface area contributed by atoms with Crippen molar-refractivity contribution in [2.45, 2.75) is 6.92 Å². The van der Waals surface area contributed by atoms with Crippen LogP contribution in [0.25, 0.3) is 10.9 Å². The molecule has 0 unspecified atom stereocenters. The first-order valence-electron chi connectivity index (χ1n) is 5.79. The maximum absolute atomic E-state index is 10.7. The summed E-state index contributed by atoms with van der Waals surface area (Å²) in [4.78, 5) is 10.7. The Morgan fingerprint density at radius 1 is 1.29 bits per heavy atom. The third-order valence-corrected chi connectivity index (χ3v) is 3.32. The molecular weight excluding hydrogens is 298 g/mol. The van der Waals surface area contributed by atoms with Crippen LogP contribution in [0, 0.1) is 6.92 Å². The molecule has 0 bridgehead atoms. The van der Waals surface area contributed by atoms with Gasteiger partial charge in [0.15, 0.2) is 17.7 Å². The molecule has 1 N–H and O–H groups in total. The van der Waals surface area contributed by atoms with Gasteiger partial charge in [-0.2, -0.15) is 4.57 Å². The number of hydrogen-bond donors (Lipinski definition) is 1. The summed E-state index contributed by atoms with van der Waals surface area (Å²) in [6, 6.07) is 7.36. The van der Waals surface area contributed by atoms with Gasteiger partial charge in [-0.3, -0.25) is 8.98 Å². The van der Waals surface area contributed by atoms with Gasteiger partial charge < -0.3 is 9.66 Å². The summed E-state index contributed by atoms with van der Waals surface area (Å²) in [7, 11) is -1.74. The molecule has 21 heavy (non-hydrogen) atoms. The van der Waals surface area contributed by atoms with Crippen molar-refractivity contribution in [2.75, 3.05) is 7.11 Å². The first kappa shape index (κ1) is 17.0. The summed E-state index contributed by atoms with van der Waals surface area (Å²) in [5.41, 5.74) is 2.05. The number of hydrogen-bond acceptors (Lipinski definition) is 6. The van der Waals surface area contributed by atoms with Crippen molar-refractivity contribution in [1.29, 1.82) is 0 Å². The molecule has 7 nitrogen and oxygen atoms in total. The molecule has 0 radical (unpaired) electrons. The van der Waals surface area contributed by atoms with Crippen molar-refractivity contribution in [2.24, 2.45) is 7.05 Å². The molecule has 8 heteroatoms. The fourth-order valence-electron chi connectivity index (χ4n) is 1.69. The fraction of sp³-hybridized carbons (Fsp3) is 0.231. The summed E-state index contributed by atoms with van der Waals surface area (Å²) in [6.07, 6.45) is 0.664. The van der Waals surface area contributed by atoms with Crippen molar-refractivity contribution < 1.29 is 31.6 Å². The van der Waals surface area contributed by atoms with Gasteiger partial charge in [-0.25, -0.2) is 8.42 Å². The van der Waals surface area contributed by atoms with Crippen molar-refractivity contribution >= 4 is 27.6 Å². The molecule has 0 aliphatic rings. The highest BCUT2D eigenvalue weighted by Gasteiger charge is 2.15. The Labute approximate surface area is 122 Å². The number of aromatic hydroxyl groups is 1. The van der Waals surface area contributed by atoms with E-state index in [4.69, 9.17) is 0 Å². The highest BCUT2D eigenvalue weighted by Crippen LogP contribution is 2.24. The Morgan fingerprint density at radius 3 is 2.29 bits per heavy atom. The number of carbonyl (C=O) groups is 1. The number of aromatic nitrogens is 1. The minimum atomic E-state index is -4.41. The number of nitrogens with zero attached hydrogens (tertiary/aromatic N) is 1. The molecule has 0 aliphatic heterocycles. The molecule has 0 spiro atoms. The third-order valence-electron chi connectivity index (χ3n) is 2.91. The van der Waals surface area contributed by atoms with Crippen LogP contribution in [0.4, 0.5) is 0 Å². The van der Waals surface area contributed by atoms with E-state index < -0.39 is 10.4 Å². The highest BCUT2D eigenvalue weighted by molar-refractivity contribution is 7.80. The second-order valence-corrected chi connectivity index (χ2v) is 5.32. The zero-order valence-corrected chi connectivity index (χ0v) is 12.5. The lowest BCUT2D eigenvalue weighted by atomic mass is 10.1. The molecule has 1 aromatic carbocycles. The van der Waals surface area contributed by atoms with Gasteiger partial charge in [-0.15, -0.1) is 0 Å². The minimum Gasteiger partial charge on any atom is -0.726 e. The van der Waals surface area contributed by atoms with Crippen molar-refractivity contribution in [3.63, 3.8) is 0 Å². The van der Waals surface area contributed by atoms with E-state index >= 15 is 0 Å². The largest absolute Gasteiger partial charge is 0.726 e. The normalized spacial score (nSPS) is 10.9. The summed E-state index contributed by atoms with van der Waals surface area (Å²) in [5.74, 6) is 0.0497. The number of carbonyl (C=O) groups excluding carboxylic acids is 1. The number of aldehydes is 1. The minimum absolute atomic E-state index is 0.0497. The Kier molecular flexibility index (Phi) is 5.36. The second-order valence-electron chi connectivity index (χ2n) is 4.17. The van der Waals surface area contributed by atoms with Crippen LogP contribution in [0.1, 0.15) is 16.1 Å². The van der Waals surface area contributed by atoms with Crippen LogP contribution in [-0.4, -0.2) is 31.5 Å². The summed E-state index contributed by atoms with van der Waals surface area (Å²) < 4.78 is 32.9. The zero-order valence-electron chi connectivity index (χ0n) is 11.7. The van der Waals surface area contributed by atoms with Crippen LogP contribution < -0.4 is 4.57 Å². The summed E-state index contributed by atoms with van der Waals surface area (Å²) in [6.45, 7) is 1.95. The van der Waals surface area contributed by atoms with E-state index in [-0.39, 0.29) is 5.75 Å². The average Bonchev–Trinajstić information content (AvgIpc) is 2.43. The first-order chi connectivity index (χ1) is 9.71. The predicted octanol–water partition coefficient (Wildman–Crippen LogP) is 0.584. The summed E-state index contributed by atoms with van der Waals surface area (Å²) in [5, 5.41) is 10.8. The van der Waals surface area contributed by atoms with Gasteiger partial charge in [-0.1, -0.05) is 0 Å². The zero-order chi connectivity index (χ0) is 16.2. The number of rotatable bonds is 2. The van der Waals surface area contributed by atoms with Gasteiger partial charge in [0, 0.05) is 13.0 Å². The van der Waals surface area contributed by atoms with Crippen LogP contribution in [-0.2, 0) is 21.6 Å². The van der Waals surface area contributed by atoms with Crippen LogP contribution in [0.5, 0.6) is 5.75 Å². The highest BCUT2D eigenvalue weighted by atomic mass is 32.3. The van der Waals surface area contributed by atoms with Crippen LogP contribution in [0.2, 0.25) is 0 Å². The van der Waals surface area contributed by atoms with Crippen molar-refractivity contribution in [3.8, 4) is 5.75 Å². The number of aryl methyl sites for hydroxylation is 2. The lowest BCUT2D eigenvalue weighted by Crippen LogP contribution is -2.32. The lowest BCUT2D eigenvalue weighted by molar-refractivity contribution is -0.651. The fourth-order valence-corrected chi connectivity index (χ4v) is 1.69. The topological polar surface area (TPSA) is 108 Å². The molecule has 2 rings (SSSR count). The van der Waals surface area contributed by atoms with Gasteiger partial charge in [-0.05, 0) is 18.2 Å². The Morgan fingerprint density at radius 2 is 1.81 bits per heavy atom. The monoisotopic (exact) mass is 313 g/mol. The van der Waals surface area contributed by atoms with Crippen LogP contribution >= 0.6 is 0 Å². The van der Waals surface area contributed by atoms with Gasteiger partial charge in [0.05, 0.1) is 18.1 Å². The molecule has 0 saturated heterocycles. The number of benzene rings is 1. The van der Waals surface area contributed by atoms with E-state index in [1.54, 1.807) is 6.07 Å². The molecule has 0 saturated carbocycles. The second kappa shape index (κ2) is 6.61. The number of phenols is 1. The maximum Gasteiger partial charge on any atom is 0.255 e. The molecule has 1 aromatic heterocycles. The molecule has 1 heterocycles.